The van der Waals surface area contributed by atoms with Crippen molar-refractivity contribution < 1.29 is 19.0 Å². The van der Waals surface area contributed by atoms with E-state index in [0.29, 0.717) is 29.4 Å². The molecule has 2 aromatic rings. The van der Waals surface area contributed by atoms with Crippen molar-refractivity contribution in [3.05, 3.63) is 53.1 Å². The van der Waals surface area contributed by atoms with E-state index >= 15 is 0 Å². The third-order valence-electron chi connectivity index (χ3n) is 5.03. The molecule has 0 spiro atoms. The van der Waals surface area contributed by atoms with E-state index < -0.39 is 0 Å². The Bertz CT molecular complexity index is 799. The number of nitrogens with zero attached hydrogens (tertiary/aromatic N) is 1. The molecule has 0 atom stereocenters. The Kier molecular flexibility index (Phi) is 6.76. The fourth-order valence-corrected chi connectivity index (χ4v) is 3.52. The minimum atomic E-state index is -0.223. The molecule has 1 fully saturated rings. The van der Waals surface area contributed by atoms with Gasteiger partial charge in [-0.2, -0.15) is 0 Å². The van der Waals surface area contributed by atoms with Crippen LogP contribution in [0, 0.1) is 0 Å². The van der Waals surface area contributed by atoms with Gasteiger partial charge in [0.05, 0.1) is 26.9 Å². The predicted octanol–water partition coefficient (Wildman–Crippen LogP) is 3.24. The van der Waals surface area contributed by atoms with Gasteiger partial charge >= 0.3 is 0 Å². The highest BCUT2D eigenvalue weighted by molar-refractivity contribution is 5.98. The number of hydrogen-bond donors (Lipinski definition) is 1. The molecule has 150 valence electrons. The second-order valence-corrected chi connectivity index (χ2v) is 6.86. The number of methoxy groups -OCH3 is 3. The summed E-state index contributed by atoms with van der Waals surface area (Å²) in [7, 11) is 4.57. The maximum Gasteiger partial charge on any atom is 0.255 e. The normalized spacial score (nSPS) is 14.0. The van der Waals surface area contributed by atoms with Crippen molar-refractivity contribution >= 4 is 5.91 Å². The zero-order chi connectivity index (χ0) is 19.9. The van der Waals surface area contributed by atoms with E-state index in [0.717, 1.165) is 12.1 Å². The maximum absolute atomic E-state index is 12.7. The zero-order valence-corrected chi connectivity index (χ0v) is 16.8. The Labute approximate surface area is 166 Å². The Morgan fingerprint density at radius 1 is 0.893 bits per heavy atom. The molecule has 0 aliphatic carbocycles. The molecule has 2 aromatic carbocycles. The van der Waals surface area contributed by atoms with Crippen LogP contribution in [-0.2, 0) is 13.1 Å². The molecular formula is C22H28N2O4. The molecule has 0 unspecified atom stereocenters. The van der Waals surface area contributed by atoms with Gasteiger partial charge in [-0.05, 0) is 49.2 Å². The summed E-state index contributed by atoms with van der Waals surface area (Å²) in [6, 6.07) is 11.8. The molecule has 3 rings (SSSR count). The highest BCUT2D eigenvalue weighted by Crippen LogP contribution is 2.39. The van der Waals surface area contributed by atoms with Crippen LogP contribution < -0.4 is 19.5 Å². The lowest BCUT2D eigenvalue weighted by molar-refractivity contribution is 0.0947. The van der Waals surface area contributed by atoms with Gasteiger partial charge in [-0.25, -0.2) is 0 Å². The lowest BCUT2D eigenvalue weighted by Gasteiger charge is -2.16. The van der Waals surface area contributed by atoms with Crippen LogP contribution in [0.4, 0.5) is 0 Å². The van der Waals surface area contributed by atoms with Gasteiger partial charge in [0.2, 0.25) is 5.75 Å². The van der Waals surface area contributed by atoms with Crippen molar-refractivity contribution in [1.82, 2.24) is 10.2 Å². The van der Waals surface area contributed by atoms with Gasteiger partial charge in [0.25, 0.3) is 5.91 Å². The third-order valence-corrected chi connectivity index (χ3v) is 5.03. The number of likely N-dealkylation sites (tertiary alicyclic amines) is 1. The average molecular weight is 384 g/mol. The first kappa shape index (κ1) is 20.0. The first-order valence-electron chi connectivity index (χ1n) is 9.53. The summed E-state index contributed by atoms with van der Waals surface area (Å²) >= 11 is 0. The maximum atomic E-state index is 12.7. The topological polar surface area (TPSA) is 60.0 Å². The molecule has 1 heterocycles. The Morgan fingerprint density at radius 3 is 2.14 bits per heavy atom. The summed E-state index contributed by atoms with van der Waals surface area (Å²) in [6.07, 6.45) is 2.59. The number of rotatable bonds is 8. The summed E-state index contributed by atoms with van der Waals surface area (Å²) in [5, 5.41) is 2.95. The van der Waals surface area contributed by atoms with Gasteiger partial charge in [-0.3, -0.25) is 9.69 Å². The highest BCUT2D eigenvalue weighted by Gasteiger charge is 2.20. The van der Waals surface area contributed by atoms with E-state index in [9.17, 15) is 4.79 Å². The van der Waals surface area contributed by atoms with Crippen molar-refractivity contribution in [2.75, 3.05) is 34.4 Å². The molecule has 6 heteroatoms. The smallest absolute Gasteiger partial charge is 0.255 e. The standard InChI is InChI=1S/C22H28N2O4/c1-26-19-11-10-18(20(27-2)21(19)28-3)22(25)23-14-16-6-8-17(9-7-16)15-24-12-4-5-13-24/h6-11H,4-5,12-15H2,1-3H3,(H,23,25). The van der Waals surface area contributed by atoms with E-state index in [-0.39, 0.29) is 5.91 Å². The predicted molar refractivity (Wildman–Crippen MR) is 108 cm³/mol. The number of carbonyl (C=O) groups excluding carboxylic acids is 1. The van der Waals surface area contributed by atoms with Gasteiger partial charge in [0.1, 0.15) is 0 Å². The molecular weight excluding hydrogens is 356 g/mol. The van der Waals surface area contributed by atoms with Gasteiger partial charge in [0, 0.05) is 13.1 Å². The van der Waals surface area contributed by atoms with Gasteiger partial charge < -0.3 is 19.5 Å². The number of nitrogens with one attached hydrogen (secondary N) is 1. The number of carbonyl (C=O) groups is 1. The van der Waals surface area contributed by atoms with Crippen LogP contribution in [0.25, 0.3) is 0 Å². The fourth-order valence-electron chi connectivity index (χ4n) is 3.52. The third kappa shape index (κ3) is 4.57. The minimum absolute atomic E-state index is 0.223. The summed E-state index contributed by atoms with van der Waals surface area (Å²) in [5.74, 6) is 1.06. The van der Waals surface area contributed by atoms with E-state index in [2.05, 4.69) is 34.5 Å². The first-order valence-corrected chi connectivity index (χ1v) is 9.53. The number of ether oxygens (including phenoxy) is 3. The van der Waals surface area contributed by atoms with Crippen molar-refractivity contribution in [3.63, 3.8) is 0 Å². The Morgan fingerprint density at radius 2 is 1.54 bits per heavy atom. The molecule has 0 radical (unpaired) electrons. The summed E-state index contributed by atoms with van der Waals surface area (Å²) in [5.41, 5.74) is 2.77. The van der Waals surface area contributed by atoms with Crippen LogP contribution in [0.5, 0.6) is 17.2 Å². The Balaban J connectivity index is 1.63. The lowest BCUT2D eigenvalue weighted by Crippen LogP contribution is -2.23. The molecule has 0 saturated carbocycles. The largest absolute Gasteiger partial charge is 0.493 e. The second-order valence-electron chi connectivity index (χ2n) is 6.86. The van der Waals surface area contributed by atoms with Crippen LogP contribution in [0.2, 0.25) is 0 Å². The fraction of sp³-hybridized carbons (Fsp3) is 0.409. The van der Waals surface area contributed by atoms with Gasteiger partial charge in [0.15, 0.2) is 11.5 Å². The molecule has 0 aromatic heterocycles. The van der Waals surface area contributed by atoms with Crippen LogP contribution in [0.3, 0.4) is 0 Å². The van der Waals surface area contributed by atoms with Crippen molar-refractivity contribution in [3.8, 4) is 17.2 Å². The molecule has 6 nitrogen and oxygen atoms in total. The van der Waals surface area contributed by atoms with E-state index in [4.69, 9.17) is 14.2 Å². The van der Waals surface area contributed by atoms with Gasteiger partial charge in [-0.15, -0.1) is 0 Å². The van der Waals surface area contributed by atoms with Gasteiger partial charge in [-0.1, -0.05) is 24.3 Å². The number of benzene rings is 2. The van der Waals surface area contributed by atoms with E-state index in [1.54, 1.807) is 19.2 Å². The van der Waals surface area contributed by atoms with Crippen molar-refractivity contribution in [2.24, 2.45) is 0 Å². The molecule has 1 N–H and O–H groups in total. The number of amides is 1. The molecule has 1 aliphatic rings. The van der Waals surface area contributed by atoms with Crippen LogP contribution in [0.15, 0.2) is 36.4 Å². The van der Waals surface area contributed by atoms with Crippen molar-refractivity contribution in [1.29, 1.82) is 0 Å². The quantitative estimate of drug-likeness (QED) is 0.757. The molecule has 1 amide bonds. The SMILES string of the molecule is COc1ccc(C(=O)NCc2ccc(CN3CCCC3)cc2)c(OC)c1OC. The van der Waals surface area contributed by atoms with E-state index in [1.165, 1.54) is 45.7 Å². The molecule has 28 heavy (non-hydrogen) atoms. The second kappa shape index (κ2) is 9.46. The summed E-state index contributed by atoms with van der Waals surface area (Å²) in [6.45, 7) is 3.81. The Hall–Kier alpha value is -2.73. The monoisotopic (exact) mass is 384 g/mol. The average Bonchev–Trinajstić information content (AvgIpc) is 3.24. The lowest BCUT2D eigenvalue weighted by atomic mass is 10.1. The molecule has 0 bridgehead atoms. The zero-order valence-electron chi connectivity index (χ0n) is 16.8. The van der Waals surface area contributed by atoms with Crippen LogP contribution in [0.1, 0.15) is 34.3 Å². The van der Waals surface area contributed by atoms with Crippen LogP contribution >= 0.6 is 0 Å². The van der Waals surface area contributed by atoms with Crippen molar-refractivity contribution in [2.45, 2.75) is 25.9 Å². The highest BCUT2D eigenvalue weighted by atomic mass is 16.5. The first-order chi connectivity index (χ1) is 13.7. The summed E-state index contributed by atoms with van der Waals surface area (Å²) < 4.78 is 16.0. The minimum Gasteiger partial charge on any atom is -0.493 e. The number of hydrogen-bond acceptors (Lipinski definition) is 5. The van der Waals surface area contributed by atoms with Crippen LogP contribution in [-0.4, -0.2) is 45.2 Å². The molecule has 1 aliphatic heterocycles. The molecule has 1 saturated heterocycles. The summed E-state index contributed by atoms with van der Waals surface area (Å²) in [4.78, 5) is 15.1. The van der Waals surface area contributed by atoms with E-state index in [1.807, 2.05) is 0 Å².